The molecule has 1 aromatic rings. The molecule has 0 aliphatic heterocycles. The molecule has 2 N–H and O–H groups in total. The SMILES string of the molecule is CC.CC(=N)c1ccc(C)cc1NC1CC1. The second kappa shape index (κ2) is 5.69. The zero-order chi connectivity index (χ0) is 12.1. The van der Waals surface area contributed by atoms with Crippen LogP contribution in [0.5, 0.6) is 0 Å². The van der Waals surface area contributed by atoms with E-state index in [4.69, 9.17) is 5.41 Å². The van der Waals surface area contributed by atoms with Crippen LogP contribution in [-0.2, 0) is 0 Å². The lowest BCUT2D eigenvalue weighted by atomic mass is 10.1. The van der Waals surface area contributed by atoms with Gasteiger partial charge < -0.3 is 10.7 Å². The van der Waals surface area contributed by atoms with E-state index in [1.807, 2.05) is 26.8 Å². The van der Waals surface area contributed by atoms with E-state index in [9.17, 15) is 0 Å². The van der Waals surface area contributed by atoms with Crippen LogP contribution in [0.4, 0.5) is 5.69 Å². The minimum atomic E-state index is 0.633. The Morgan fingerprint density at radius 1 is 1.31 bits per heavy atom. The van der Waals surface area contributed by atoms with Crippen LogP contribution in [0.15, 0.2) is 18.2 Å². The highest BCUT2D eigenvalue weighted by Gasteiger charge is 2.21. The third-order valence-corrected chi connectivity index (χ3v) is 2.52. The fraction of sp³-hybridized carbons (Fsp3) is 0.500. The molecule has 0 unspecified atom stereocenters. The zero-order valence-electron chi connectivity index (χ0n) is 10.7. The van der Waals surface area contributed by atoms with Crippen LogP contribution < -0.4 is 5.32 Å². The van der Waals surface area contributed by atoms with Crippen molar-refractivity contribution in [3.05, 3.63) is 29.3 Å². The van der Waals surface area contributed by atoms with Crippen LogP contribution in [0.2, 0.25) is 0 Å². The Balaban J connectivity index is 0.000000606. The van der Waals surface area contributed by atoms with Crippen molar-refractivity contribution in [3.8, 4) is 0 Å². The van der Waals surface area contributed by atoms with Crippen molar-refractivity contribution in [1.29, 1.82) is 5.41 Å². The Bertz CT molecular complexity index is 365. The molecule has 0 atom stereocenters. The van der Waals surface area contributed by atoms with E-state index in [1.54, 1.807) is 0 Å². The summed E-state index contributed by atoms with van der Waals surface area (Å²) in [5.74, 6) is 0. The van der Waals surface area contributed by atoms with Gasteiger partial charge in [-0.25, -0.2) is 0 Å². The average Bonchev–Trinajstić information content (AvgIpc) is 3.04. The smallest absolute Gasteiger partial charge is 0.0436 e. The molecule has 0 heterocycles. The summed E-state index contributed by atoms with van der Waals surface area (Å²) in [5, 5.41) is 11.1. The van der Waals surface area contributed by atoms with E-state index < -0.39 is 0 Å². The van der Waals surface area contributed by atoms with Crippen LogP contribution in [-0.4, -0.2) is 11.8 Å². The highest BCUT2D eigenvalue weighted by Crippen LogP contribution is 2.27. The third-order valence-electron chi connectivity index (χ3n) is 2.52. The number of rotatable bonds is 3. The van der Waals surface area contributed by atoms with Crippen molar-refractivity contribution in [3.63, 3.8) is 0 Å². The molecule has 88 valence electrons. The topological polar surface area (TPSA) is 35.9 Å². The number of hydrogen-bond donors (Lipinski definition) is 2. The average molecular weight is 218 g/mol. The quantitative estimate of drug-likeness (QED) is 0.739. The highest BCUT2D eigenvalue weighted by atomic mass is 15.0. The maximum atomic E-state index is 7.67. The minimum absolute atomic E-state index is 0.633. The highest BCUT2D eigenvalue weighted by molar-refractivity contribution is 6.01. The second-order valence-corrected chi connectivity index (χ2v) is 4.09. The van der Waals surface area contributed by atoms with E-state index in [2.05, 4.69) is 24.4 Å². The number of anilines is 1. The molecule has 16 heavy (non-hydrogen) atoms. The van der Waals surface area contributed by atoms with Gasteiger partial charge in [-0.3, -0.25) is 0 Å². The summed E-state index contributed by atoms with van der Waals surface area (Å²) in [6, 6.07) is 6.87. The van der Waals surface area contributed by atoms with Crippen molar-refractivity contribution < 1.29 is 0 Å². The first-order chi connectivity index (χ1) is 7.66. The summed E-state index contributed by atoms with van der Waals surface area (Å²) in [7, 11) is 0. The molecule has 1 aliphatic carbocycles. The Kier molecular flexibility index (Phi) is 4.53. The molecule has 1 saturated carbocycles. The summed E-state index contributed by atoms with van der Waals surface area (Å²) < 4.78 is 0. The number of nitrogens with one attached hydrogen (secondary N) is 2. The first kappa shape index (κ1) is 12.8. The molecule has 2 heteroatoms. The van der Waals surface area contributed by atoms with Crippen LogP contribution in [0.1, 0.15) is 44.7 Å². The van der Waals surface area contributed by atoms with Crippen molar-refractivity contribution in [2.75, 3.05) is 5.32 Å². The molecule has 1 aliphatic rings. The van der Waals surface area contributed by atoms with Crippen molar-refractivity contribution in [1.82, 2.24) is 0 Å². The molecular formula is C14H22N2. The van der Waals surface area contributed by atoms with Crippen LogP contribution in [0.25, 0.3) is 0 Å². The predicted molar refractivity (Wildman–Crippen MR) is 71.7 cm³/mol. The molecular weight excluding hydrogens is 196 g/mol. The summed E-state index contributed by atoms with van der Waals surface area (Å²) >= 11 is 0. The van der Waals surface area contributed by atoms with Gasteiger partial charge in [-0.1, -0.05) is 26.0 Å². The van der Waals surface area contributed by atoms with E-state index in [0.29, 0.717) is 11.8 Å². The molecule has 0 saturated heterocycles. The number of benzene rings is 1. The van der Waals surface area contributed by atoms with Crippen molar-refractivity contribution >= 4 is 11.4 Å². The zero-order valence-corrected chi connectivity index (χ0v) is 10.7. The van der Waals surface area contributed by atoms with Gasteiger partial charge in [0.25, 0.3) is 0 Å². The summed E-state index contributed by atoms with van der Waals surface area (Å²) in [5.41, 5.74) is 4.04. The van der Waals surface area contributed by atoms with E-state index in [0.717, 1.165) is 11.3 Å². The predicted octanol–water partition coefficient (Wildman–Crippen LogP) is 3.98. The maximum Gasteiger partial charge on any atom is 0.0436 e. The van der Waals surface area contributed by atoms with Gasteiger partial charge in [0.05, 0.1) is 0 Å². The largest absolute Gasteiger partial charge is 0.382 e. The van der Waals surface area contributed by atoms with Gasteiger partial charge >= 0.3 is 0 Å². The van der Waals surface area contributed by atoms with Crippen molar-refractivity contribution in [2.45, 2.75) is 46.6 Å². The Hall–Kier alpha value is -1.31. The molecule has 0 spiro atoms. The lowest BCUT2D eigenvalue weighted by molar-refractivity contribution is 1.15. The lowest BCUT2D eigenvalue weighted by Gasteiger charge is -2.11. The van der Waals surface area contributed by atoms with E-state index >= 15 is 0 Å². The van der Waals surface area contributed by atoms with Gasteiger partial charge in [0.2, 0.25) is 0 Å². The molecule has 0 radical (unpaired) electrons. The first-order valence-corrected chi connectivity index (χ1v) is 6.09. The summed E-state index contributed by atoms with van der Waals surface area (Å²) in [6.45, 7) is 7.92. The summed E-state index contributed by atoms with van der Waals surface area (Å²) in [6.07, 6.45) is 2.54. The second-order valence-electron chi connectivity index (χ2n) is 4.09. The van der Waals surface area contributed by atoms with Crippen molar-refractivity contribution in [2.24, 2.45) is 0 Å². The fourth-order valence-corrected chi connectivity index (χ4v) is 1.55. The fourth-order valence-electron chi connectivity index (χ4n) is 1.55. The molecule has 2 rings (SSSR count). The normalized spacial score (nSPS) is 13.8. The summed E-state index contributed by atoms with van der Waals surface area (Å²) in [4.78, 5) is 0. The minimum Gasteiger partial charge on any atom is -0.382 e. The third kappa shape index (κ3) is 3.37. The standard InChI is InChI=1S/C12H16N2.C2H6/c1-8-3-6-11(9(2)13)12(7-8)14-10-4-5-10;1-2/h3,6-7,10,13-14H,4-5H2,1-2H3;1-2H3. The molecule has 2 nitrogen and oxygen atoms in total. The Morgan fingerprint density at radius 2 is 1.94 bits per heavy atom. The van der Waals surface area contributed by atoms with Gasteiger partial charge in [-0.2, -0.15) is 0 Å². The molecule has 0 bridgehead atoms. The molecule has 1 fully saturated rings. The number of hydrogen-bond acceptors (Lipinski definition) is 2. The van der Waals surface area contributed by atoms with E-state index in [-0.39, 0.29) is 0 Å². The van der Waals surface area contributed by atoms with Gasteiger partial charge in [-0.05, 0) is 38.3 Å². The van der Waals surface area contributed by atoms with Gasteiger partial charge in [0.1, 0.15) is 0 Å². The van der Waals surface area contributed by atoms with Crippen LogP contribution in [0, 0.1) is 12.3 Å². The molecule has 1 aromatic carbocycles. The number of aryl methyl sites for hydroxylation is 1. The monoisotopic (exact) mass is 218 g/mol. The first-order valence-electron chi connectivity index (χ1n) is 6.09. The maximum absolute atomic E-state index is 7.67. The lowest BCUT2D eigenvalue weighted by Crippen LogP contribution is -2.06. The van der Waals surface area contributed by atoms with Crippen LogP contribution >= 0.6 is 0 Å². The van der Waals surface area contributed by atoms with Gasteiger partial charge in [0, 0.05) is 23.0 Å². The Morgan fingerprint density at radius 3 is 2.44 bits per heavy atom. The van der Waals surface area contributed by atoms with Gasteiger partial charge in [-0.15, -0.1) is 0 Å². The Labute approximate surface area is 98.6 Å². The van der Waals surface area contributed by atoms with Crippen LogP contribution in [0.3, 0.4) is 0 Å². The molecule has 0 aromatic heterocycles. The van der Waals surface area contributed by atoms with E-state index in [1.165, 1.54) is 18.4 Å². The van der Waals surface area contributed by atoms with Gasteiger partial charge in [0.15, 0.2) is 0 Å². The molecule has 0 amide bonds.